The van der Waals surface area contributed by atoms with Gasteiger partial charge in [-0.2, -0.15) is 0 Å². The Bertz CT molecular complexity index is 329. The molecule has 0 aromatic carbocycles. The molecule has 0 aromatic rings. The van der Waals surface area contributed by atoms with Crippen LogP contribution in [0.2, 0.25) is 0 Å². The summed E-state index contributed by atoms with van der Waals surface area (Å²) in [4.78, 5) is 14.3. The zero-order valence-electron chi connectivity index (χ0n) is 14.7. The van der Waals surface area contributed by atoms with Gasteiger partial charge in [-0.15, -0.1) is 0 Å². The number of hydrogen-bond donors (Lipinski definition) is 2. The van der Waals surface area contributed by atoms with Gasteiger partial charge >= 0.3 is 0 Å². The van der Waals surface area contributed by atoms with E-state index in [1.165, 1.54) is 25.7 Å². The lowest BCUT2D eigenvalue weighted by Gasteiger charge is -2.42. The maximum absolute atomic E-state index is 11.8. The summed E-state index contributed by atoms with van der Waals surface area (Å²) in [5.41, 5.74) is 5.56. The Morgan fingerprint density at radius 3 is 2.19 bits per heavy atom. The van der Waals surface area contributed by atoms with Crippen molar-refractivity contribution in [2.75, 3.05) is 19.6 Å². The van der Waals surface area contributed by atoms with Gasteiger partial charge in [0.1, 0.15) is 0 Å². The Kier molecular flexibility index (Phi) is 6.67. The summed E-state index contributed by atoms with van der Waals surface area (Å²) in [6.07, 6.45) is 5.91. The summed E-state index contributed by atoms with van der Waals surface area (Å²) in [5, 5.41) is 3.33. The number of likely N-dealkylation sites (tertiary alicyclic amines) is 1. The van der Waals surface area contributed by atoms with Crippen molar-refractivity contribution >= 4 is 5.91 Å². The van der Waals surface area contributed by atoms with Gasteiger partial charge in [-0.3, -0.25) is 4.79 Å². The highest BCUT2D eigenvalue weighted by molar-refractivity contribution is 5.84. The summed E-state index contributed by atoms with van der Waals surface area (Å²) in [7, 11) is 0. The number of piperidine rings is 1. The maximum atomic E-state index is 11.8. The van der Waals surface area contributed by atoms with Gasteiger partial charge in [0.05, 0.1) is 5.54 Å². The van der Waals surface area contributed by atoms with Crippen molar-refractivity contribution in [3.8, 4) is 0 Å². The molecule has 1 saturated heterocycles. The molecule has 0 spiro atoms. The van der Waals surface area contributed by atoms with Crippen LogP contribution in [0, 0.1) is 5.41 Å². The second-order valence-electron chi connectivity index (χ2n) is 7.29. The van der Waals surface area contributed by atoms with E-state index >= 15 is 0 Å². The van der Waals surface area contributed by atoms with Crippen LogP contribution in [0.3, 0.4) is 0 Å². The molecule has 1 fully saturated rings. The molecule has 1 aliphatic heterocycles. The highest BCUT2D eigenvalue weighted by atomic mass is 16.1. The molecule has 0 aromatic heterocycles. The van der Waals surface area contributed by atoms with Gasteiger partial charge in [0.25, 0.3) is 0 Å². The van der Waals surface area contributed by atoms with Crippen LogP contribution in [0.1, 0.15) is 66.7 Å². The van der Waals surface area contributed by atoms with Crippen molar-refractivity contribution < 1.29 is 4.79 Å². The van der Waals surface area contributed by atoms with Crippen molar-refractivity contribution in [2.45, 2.75) is 78.3 Å². The molecule has 21 heavy (non-hydrogen) atoms. The zero-order valence-corrected chi connectivity index (χ0v) is 14.7. The van der Waals surface area contributed by atoms with Gasteiger partial charge in [-0.25, -0.2) is 0 Å². The molecule has 1 aliphatic rings. The number of rotatable bonds is 8. The smallest absolute Gasteiger partial charge is 0.237 e. The predicted octanol–water partition coefficient (Wildman–Crippen LogP) is 2.52. The Labute approximate surface area is 130 Å². The van der Waals surface area contributed by atoms with Gasteiger partial charge in [0, 0.05) is 12.6 Å². The quantitative estimate of drug-likeness (QED) is 0.724. The monoisotopic (exact) mass is 297 g/mol. The summed E-state index contributed by atoms with van der Waals surface area (Å²) < 4.78 is 0. The minimum Gasteiger partial charge on any atom is -0.368 e. The highest BCUT2D eigenvalue weighted by Gasteiger charge is 2.34. The normalized spacial score (nSPS) is 22.2. The molecule has 1 unspecified atom stereocenters. The number of nitrogens with one attached hydrogen (secondary N) is 1. The number of primary amides is 1. The van der Waals surface area contributed by atoms with Crippen LogP contribution >= 0.6 is 0 Å². The van der Waals surface area contributed by atoms with Crippen LogP contribution in [-0.2, 0) is 4.79 Å². The van der Waals surface area contributed by atoms with Gasteiger partial charge < -0.3 is 16.0 Å². The molecule has 1 amide bonds. The fourth-order valence-corrected chi connectivity index (χ4v) is 3.49. The molecule has 4 heteroatoms. The third kappa shape index (κ3) is 4.96. The molecular weight excluding hydrogens is 262 g/mol. The van der Waals surface area contributed by atoms with Gasteiger partial charge in [0.2, 0.25) is 5.91 Å². The second-order valence-corrected chi connectivity index (χ2v) is 7.29. The number of carbonyl (C=O) groups is 1. The van der Waals surface area contributed by atoms with E-state index in [0.717, 1.165) is 26.1 Å². The van der Waals surface area contributed by atoms with Crippen LogP contribution in [0.15, 0.2) is 0 Å². The Balaban J connectivity index is 2.50. The van der Waals surface area contributed by atoms with Crippen molar-refractivity contribution in [3.05, 3.63) is 0 Å². The zero-order chi connectivity index (χ0) is 16.1. The first-order chi connectivity index (χ1) is 9.77. The number of carbonyl (C=O) groups excluding carboxylic acids is 1. The maximum Gasteiger partial charge on any atom is 0.237 e. The third-order valence-corrected chi connectivity index (χ3v) is 5.50. The van der Waals surface area contributed by atoms with E-state index in [9.17, 15) is 4.79 Å². The molecule has 1 rings (SSSR count). The topological polar surface area (TPSA) is 58.4 Å². The first-order valence-corrected chi connectivity index (χ1v) is 8.57. The average molecular weight is 297 g/mol. The number of nitrogens with zero attached hydrogens (tertiary/aromatic N) is 1. The fourth-order valence-electron chi connectivity index (χ4n) is 3.49. The second kappa shape index (κ2) is 7.59. The van der Waals surface area contributed by atoms with Crippen molar-refractivity contribution in [3.63, 3.8) is 0 Å². The summed E-state index contributed by atoms with van der Waals surface area (Å²) >= 11 is 0. The molecule has 0 radical (unpaired) electrons. The molecule has 124 valence electrons. The Morgan fingerprint density at radius 2 is 1.81 bits per heavy atom. The Morgan fingerprint density at radius 1 is 1.29 bits per heavy atom. The van der Waals surface area contributed by atoms with E-state index in [0.29, 0.717) is 5.41 Å². The summed E-state index contributed by atoms with van der Waals surface area (Å²) in [6.45, 7) is 13.9. The highest BCUT2D eigenvalue weighted by Crippen LogP contribution is 2.37. The van der Waals surface area contributed by atoms with Crippen molar-refractivity contribution in [2.24, 2.45) is 11.1 Å². The molecule has 0 saturated carbocycles. The van der Waals surface area contributed by atoms with E-state index < -0.39 is 5.54 Å². The number of amides is 1. The molecule has 3 N–H and O–H groups in total. The van der Waals surface area contributed by atoms with E-state index in [2.05, 4.69) is 37.9 Å². The fraction of sp³-hybridized carbons (Fsp3) is 0.941. The lowest BCUT2D eigenvalue weighted by Crippen LogP contribution is -2.57. The van der Waals surface area contributed by atoms with Crippen molar-refractivity contribution in [1.29, 1.82) is 0 Å². The molecule has 4 nitrogen and oxygen atoms in total. The van der Waals surface area contributed by atoms with E-state index in [4.69, 9.17) is 5.73 Å². The van der Waals surface area contributed by atoms with E-state index in [1.54, 1.807) is 0 Å². The first kappa shape index (κ1) is 18.4. The van der Waals surface area contributed by atoms with Crippen LogP contribution in [0.5, 0.6) is 0 Å². The number of nitrogens with two attached hydrogens (primary N) is 1. The molecular formula is C17H35N3O. The predicted molar refractivity (Wildman–Crippen MR) is 89.2 cm³/mol. The van der Waals surface area contributed by atoms with Crippen LogP contribution in [-0.4, -0.2) is 42.0 Å². The lowest BCUT2D eigenvalue weighted by molar-refractivity contribution is -0.124. The molecule has 0 aliphatic carbocycles. The number of hydrogen-bond acceptors (Lipinski definition) is 3. The lowest BCUT2D eigenvalue weighted by atomic mass is 9.74. The third-order valence-electron chi connectivity index (χ3n) is 5.50. The average Bonchev–Trinajstić information content (AvgIpc) is 2.45. The summed E-state index contributed by atoms with van der Waals surface area (Å²) in [6, 6.07) is 0.261. The standard InChI is InChI=1S/C17H35N3O/c1-6-17(7-2)9-12-20(13-10-17)11-8-16(5,15(18)21)19-14(3)4/h14,19H,6-13H2,1-5H3,(H2,18,21). The van der Waals surface area contributed by atoms with Crippen molar-refractivity contribution in [1.82, 2.24) is 10.2 Å². The molecule has 1 atom stereocenters. The van der Waals surface area contributed by atoms with Crippen LogP contribution in [0.4, 0.5) is 0 Å². The van der Waals surface area contributed by atoms with Gasteiger partial charge in [-0.1, -0.05) is 26.7 Å². The van der Waals surface area contributed by atoms with Crippen LogP contribution in [0.25, 0.3) is 0 Å². The molecule has 1 heterocycles. The first-order valence-electron chi connectivity index (χ1n) is 8.57. The van der Waals surface area contributed by atoms with E-state index in [-0.39, 0.29) is 11.9 Å². The Hall–Kier alpha value is -0.610. The largest absolute Gasteiger partial charge is 0.368 e. The minimum absolute atomic E-state index is 0.246. The molecule has 0 bridgehead atoms. The minimum atomic E-state index is -0.599. The summed E-state index contributed by atoms with van der Waals surface area (Å²) in [5.74, 6) is -0.246. The van der Waals surface area contributed by atoms with Gasteiger partial charge in [-0.05, 0) is 58.5 Å². The van der Waals surface area contributed by atoms with Gasteiger partial charge in [0.15, 0.2) is 0 Å². The SMILES string of the molecule is CCC1(CC)CCN(CCC(C)(NC(C)C)C(N)=O)CC1. The van der Waals surface area contributed by atoms with Crippen LogP contribution < -0.4 is 11.1 Å². The van der Waals surface area contributed by atoms with E-state index in [1.807, 2.05) is 6.92 Å².